The highest BCUT2D eigenvalue weighted by atomic mass is 16.7. The summed E-state index contributed by atoms with van der Waals surface area (Å²) in [4.78, 5) is 0. The van der Waals surface area contributed by atoms with E-state index in [2.05, 4.69) is 34.6 Å². The maximum Gasteiger partial charge on any atom is 0.186 e. The van der Waals surface area contributed by atoms with Crippen LogP contribution >= 0.6 is 0 Å². The van der Waals surface area contributed by atoms with Crippen molar-refractivity contribution in [2.24, 2.45) is 44.8 Å². The topological polar surface area (TPSA) is 169 Å². The summed E-state index contributed by atoms with van der Waals surface area (Å²) >= 11 is 0. The standard InChI is InChI=1S/C36H60O10/c1-30(2)22(39)8-11-36-17-35(36)13-12-32(5)28(34(7)10-9-23(46-34)31(3,4)43)19(15-33(32,6)21(35)14-18(38)27(30)36)44-29-26(42)25(41)24(40)20(16-37)45-29/h18-29,37-43H,8-17H2,1-7H3/t18-,19-,20+,21-,22-,23-,24+,25-,26+,27-,28-,29+,32+,33-,34+,35-,36+/m0/s1. The zero-order chi connectivity index (χ0) is 33.6. The first kappa shape index (κ1) is 34.1. The molecule has 0 radical (unpaired) electrons. The molecule has 2 aliphatic heterocycles. The molecule has 46 heavy (non-hydrogen) atoms. The van der Waals surface area contributed by atoms with Crippen LogP contribution in [0.4, 0.5) is 0 Å². The molecule has 264 valence electrons. The second-order valence-electron chi connectivity index (χ2n) is 18.7. The number of hydrogen-bond acceptors (Lipinski definition) is 10. The van der Waals surface area contributed by atoms with E-state index in [0.717, 1.165) is 38.5 Å². The number of hydrogen-bond donors (Lipinski definition) is 7. The third-order valence-corrected chi connectivity index (χ3v) is 15.9. The van der Waals surface area contributed by atoms with E-state index in [1.165, 1.54) is 0 Å². The second kappa shape index (κ2) is 10.3. The Morgan fingerprint density at radius 1 is 0.804 bits per heavy atom. The molecule has 7 N–H and O–H groups in total. The average Bonchev–Trinajstić information content (AvgIpc) is 3.31. The molecule has 7 aliphatic rings. The Kier molecular flexibility index (Phi) is 7.65. The summed E-state index contributed by atoms with van der Waals surface area (Å²) < 4.78 is 19.5. The molecule has 0 aromatic heterocycles. The van der Waals surface area contributed by atoms with E-state index in [1.807, 2.05) is 0 Å². The molecule has 2 spiro atoms. The smallest absolute Gasteiger partial charge is 0.186 e. The van der Waals surface area contributed by atoms with Crippen molar-refractivity contribution in [2.75, 3.05) is 6.61 Å². The molecule has 17 atom stereocenters. The summed E-state index contributed by atoms with van der Waals surface area (Å²) in [6, 6.07) is 0. The Hall–Kier alpha value is -0.400. The monoisotopic (exact) mass is 652 g/mol. The van der Waals surface area contributed by atoms with Crippen molar-refractivity contribution in [3.8, 4) is 0 Å². The molecule has 0 aromatic carbocycles. The highest BCUT2D eigenvalue weighted by Crippen LogP contribution is 2.89. The van der Waals surface area contributed by atoms with Crippen LogP contribution in [0.25, 0.3) is 0 Å². The van der Waals surface area contributed by atoms with Gasteiger partial charge in [-0.1, -0.05) is 27.7 Å². The summed E-state index contributed by atoms with van der Waals surface area (Å²) in [5, 5.41) is 76.1. The molecule has 10 heteroatoms. The average molecular weight is 653 g/mol. The second-order valence-corrected chi connectivity index (χ2v) is 18.7. The van der Waals surface area contributed by atoms with Gasteiger partial charge in [-0.05, 0) is 117 Å². The minimum atomic E-state index is -1.54. The van der Waals surface area contributed by atoms with Crippen molar-refractivity contribution in [3.05, 3.63) is 0 Å². The number of rotatable bonds is 5. The first-order chi connectivity index (χ1) is 21.2. The normalized spacial score (nSPS) is 59.3. The molecular formula is C36H60O10. The molecule has 2 saturated heterocycles. The van der Waals surface area contributed by atoms with Crippen LogP contribution in [0.2, 0.25) is 0 Å². The van der Waals surface area contributed by atoms with Crippen LogP contribution in [-0.4, -0.2) is 109 Å². The lowest BCUT2D eigenvalue weighted by Gasteiger charge is -2.64. The van der Waals surface area contributed by atoms with Gasteiger partial charge in [-0.2, -0.15) is 0 Å². The lowest BCUT2D eigenvalue weighted by atomic mass is 9.41. The molecule has 5 saturated carbocycles. The van der Waals surface area contributed by atoms with Crippen LogP contribution in [-0.2, 0) is 14.2 Å². The Balaban J connectivity index is 1.27. The van der Waals surface area contributed by atoms with Crippen LogP contribution in [0.3, 0.4) is 0 Å². The van der Waals surface area contributed by atoms with Crippen molar-refractivity contribution in [1.29, 1.82) is 0 Å². The van der Waals surface area contributed by atoms with Gasteiger partial charge in [0.1, 0.15) is 24.4 Å². The molecule has 10 nitrogen and oxygen atoms in total. The Morgan fingerprint density at radius 2 is 1.50 bits per heavy atom. The van der Waals surface area contributed by atoms with Crippen LogP contribution in [0.5, 0.6) is 0 Å². The lowest BCUT2D eigenvalue weighted by molar-refractivity contribution is -0.319. The number of aliphatic hydroxyl groups is 7. The van der Waals surface area contributed by atoms with Crippen LogP contribution in [0.1, 0.15) is 106 Å². The summed E-state index contributed by atoms with van der Waals surface area (Å²) in [5.74, 6) is 0.114. The van der Waals surface area contributed by atoms with Crippen molar-refractivity contribution < 1.29 is 50.0 Å². The van der Waals surface area contributed by atoms with Crippen molar-refractivity contribution >= 4 is 0 Å². The Bertz CT molecular complexity index is 1200. The molecule has 2 heterocycles. The highest BCUT2D eigenvalue weighted by Gasteiger charge is 2.85. The predicted molar refractivity (Wildman–Crippen MR) is 167 cm³/mol. The fourth-order valence-corrected chi connectivity index (χ4v) is 13.6. The van der Waals surface area contributed by atoms with Crippen molar-refractivity contribution in [1.82, 2.24) is 0 Å². The lowest BCUT2D eigenvalue weighted by Crippen LogP contribution is -2.62. The molecule has 0 unspecified atom stereocenters. The van der Waals surface area contributed by atoms with Gasteiger partial charge in [0, 0.05) is 5.92 Å². The molecule has 7 fully saturated rings. The van der Waals surface area contributed by atoms with Crippen molar-refractivity contribution in [3.63, 3.8) is 0 Å². The fraction of sp³-hybridized carbons (Fsp3) is 1.00. The van der Waals surface area contributed by atoms with Crippen LogP contribution in [0, 0.1) is 44.8 Å². The summed E-state index contributed by atoms with van der Waals surface area (Å²) in [6.45, 7) is 14.2. The summed E-state index contributed by atoms with van der Waals surface area (Å²) in [7, 11) is 0. The summed E-state index contributed by atoms with van der Waals surface area (Å²) in [6.07, 6.45) is -1.11. The van der Waals surface area contributed by atoms with E-state index in [0.29, 0.717) is 19.3 Å². The van der Waals surface area contributed by atoms with Gasteiger partial charge in [-0.3, -0.25) is 0 Å². The van der Waals surface area contributed by atoms with E-state index < -0.39 is 66.8 Å². The van der Waals surface area contributed by atoms with Gasteiger partial charge in [0.05, 0.1) is 42.2 Å². The first-order valence-electron chi connectivity index (χ1n) is 17.9. The molecule has 5 aliphatic carbocycles. The largest absolute Gasteiger partial charge is 0.394 e. The zero-order valence-electron chi connectivity index (χ0n) is 28.9. The van der Waals surface area contributed by atoms with E-state index in [4.69, 9.17) is 14.2 Å². The number of aliphatic hydroxyl groups excluding tert-OH is 6. The Morgan fingerprint density at radius 3 is 2.13 bits per heavy atom. The minimum absolute atomic E-state index is 0.00782. The van der Waals surface area contributed by atoms with Gasteiger partial charge >= 0.3 is 0 Å². The quantitative estimate of drug-likeness (QED) is 0.234. The number of fused-ring (bicyclic) bond motifs is 2. The molecule has 0 aromatic rings. The SMILES string of the molecule is CC(C)(O)[C@@H]1CC[C@](C)([C@H]2[C@@H](O[C@@H]3O[C@H](CO)[C@@H](O)[C@H](O)[C@H]3O)C[C@@]3(C)[C@@H]4C[C@H](O)[C@H]5C(C)(C)[C@@H](O)CC[C@@]56C[C@@]46CC[C@]23C)O1. The maximum atomic E-state index is 12.0. The molecular weight excluding hydrogens is 592 g/mol. The van der Waals surface area contributed by atoms with Gasteiger partial charge < -0.3 is 50.0 Å². The number of ether oxygens (including phenoxy) is 3. The van der Waals surface area contributed by atoms with E-state index >= 15 is 0 Å². The highest BCUT2D eigenvalue weighted by molar-refractivity contribution is 5.33. The van der Waals surface area contributed by atoms with E-state index in [-0.39, 0.29) is 50.9 Å². The molecule has 7 rings (SSSR count). The fourth-order valence-electron chi connectivity index (χ4n) is 13.6. The third-order valence-electron chi connectivity index (χ3n) is 15.9. The Labute approximate surface area is 273 Å². The summed E-state index contributed by atoms with van der Waals surface area (Å²) in [5.41, 5.74) is -2.51. The van der Waals surface area contributed by atoms with Gasteiger partial charge in [0.2, 0.25) is 0 Å². The van der Waals surface area contributed by atoms with Gasteiger partial charge in [-0.15, -0.1) is 0 Å². The van der Waals surface area contributed by atoms with E-state index in [1.54, 1.807) is 13.8 Å². The molecule has 0 bridgehead atoms. The predicted octanol–water partition coefficient (Wildman–Crippen LogP) is 2.26. The van der Waals surface area contributed by atoms with Gasteiger partial charge in [-0.25, -0.2) is 0 Å². The molecule has 0 amide bonds. The van der Waals surface area contributed by atoms with Gasteiger partial charge in [0.25, 0.3) is 0 Å². The third kappa shape index (κ3) is 4.24. The van der Waals surface area contributed by atoms with Gasteiger partial charge in [0.15, 0.2) is 6.29 Å². The maximum absolute atomic E-state index is 12.0. The van der Waals surface area contributed by atoms with E-state index in [9.17, 15) is 35.7 Å². The van der Waals surface area contributed by atoms with Crippen LogP contribution < -0.4 is 0 Å². The van der Waals surface area contributed by atoms with Crippen LogP contribution in [0.15, 0.2) is 0 Å². The zero-order valence-corrected chi connectivity index (χ0v) is 28.9. The minimum Gasteiger partial charge on any atom is -0.394 e. The van der Waals surface area contributed by atoms with Crippen molar-refractivity contribution in [2.45, 2.75) is 173 Å². The first-order valence-corrected chi connectivity index (χ1v) is 17.9.